The van der Waals surface area contributed by atoms with Crippen LogP contribution in [-0.4, -0.2) is 19.1 Å². The Morgan fingerprint density at radius 3 is 2.80 bits per heavy atom. The van der Waals surface area contributed by atoms with Gasteiger partial charge in [0, 0.05) is 18.3 Å². The van der Waals surface area contributed by atoms with Crippen molar-refractivity contribution in [1.29, 1.82) is 0 Å². The molecular weight excluding hydrogens is 252 g/mol. The van der Waals surface area contributed by atoms with Crippen molar-refractivity contribution in [2.45, 2.75) is 39.0 Å². The van der Waals surface area contributed by atoms with Crippen molar-refractivity contribution in [1.82, 2.24) is 5.32 Å². The number of ether oxygens (including phenoxy) is 1. The maximum Gasteiger partial charge on any atom is 0.257 e. The van der Waals surface area contributed by atoms with Crippen LogP contribution in [0.25, 0.3) is 0 Å². The first-order chi connectivity index (χ1) is 9.57. The van der Waals surface area contributed by atoms with Crippen LogP contribution < -0.4 is 15.8 Å². The third-order valence-corrected chi connectivity index (χ3v) is 4.00. The predicted octanol–water partition coefficient (Wildman–Crippen LogP) is 2.73. The number of carbonyl (C=O) groups is 1. The van der Waals surface area contributed by atoms with Gasteiger partial charge in [-0.15, -0.1) is 0 Å². The van der Waals surface area contributed by atoms with Crippen molar-refractivity contribution in [3.8, 4) is 5.75 Å². The quantitative estimate of drug-likeness (QED) is 0.813. The molecule has 3 N–H and O–H groups in total. The summed E-state index contributed by atoms with van der Waals surface area (Å²) in [5.41, 5.74) is 6.55. The highest BCUT2D eigenvalue weighted by Crippen LogP contribution is 2.34. The zero-order valence-corrected chi connectivity index (χ0v) is 12.2. The van der Waals surface area contributed by atoms with E-state index in [0.29, 0.717) is 11.4 Å². The molecule has 110 valence electrons. The van der Waals surface area contributed by atoms with E-state index in [4.69, 9.17) is 10.5 Å². The molecule has 0 atom stereocenters. The normalized spacial score (nSPS) is 17.4. The number of amides is 1. The Hall–Kier alpha value is -1.71. The lowest BCUT2D eigenvalue weighted by Gasteiger charge is -2.33. The predicted molar refractivity (Wildman–Crippen MR) is 80.6 cm³/mol. The van der Waals surface area contributed by atoms with E-state index in [9.17, 15) is 4.79 Å². The lowest BCUT2D eigenvalue weighted by atomic mass is 9.76. The number of nitrogens with two attached hydrogens (primary N) is 1. The fourth-order valence-corrected chi connectivity index (χ4v) is 2.70. The van der Waals surface area contributed by atoms with Gasteiger partial charge in [-0.05, 0) is 30.4 Å². The molecule has 4 nitrogen and oxygen atoms in total. The highest BCUT2D eigenvalue weighted by atomic mass is 16.5. The number of hydrogen-bond acceptors (Lipinski definition) is 3. The largest absolute Gasteiger partial charge is 0.484 e. The molecule has 1 amide bonds. The standard InChI is InChI=1S/C16H24N2O2/c1-16(8-3-2-4-9-16)12-18-15(19)11-20-14-7-5-6-13(17)10-14/h5-7,10H,2-4,8-9,11-12,17H2,1H3,(H,18,19). The summed E-state index contributed by atoms with van der Waals surface area (Å²) < 4.78 is 5.43. The minimum atomic E-state index is -0.0702. The van der Waals surface area contributed by atoms with Gasteiger partial charge in [0.25, 0.3) is 5.91 Å². The average molecular weight is 276 g/mol. The Morgan fingerprint density at radius 1 is 1.35 bits per heavy atom. The van der Waals surface area contributed by atoms with Gasteiger partial charge in [-0.3, -0.25) is 4.79 Å². The molecule has 4 heteroatoms. The maximum atomic E-state index is 11.8. The second-order valence-electron chi connectivity index (χ2n) is 6.01. The van der Waals surface area contributed by atoms with Gasteiger partial charge in [0.2, 0.25) is 0 Å². The van der Waals surface area contributed by atoms with Gasteiger partial charge < -0.3 is 15.8 Å². The molecule has 2 rings (SSSR count). The van der Waals surface area contributed by atoms with E-state index in [2.05, 4.69) is 12.2 Å². The summed E-state index contributed by atoms with van der Waals surface area (Å²) in [6.45, 7) is 3.04. The molecule has 1 aromatic carbocycles. The molecule has 0 aliphatic heterocycles. The summed E-state index contributed by atoms with van der Waals surface area (Å²) in [5, 5.41) is 2.98. The first-order valence-corrected chi connectivity index (χ1v) is 7.32. The van der Waals surface area contributed by atoms with Gasteiger partial charge in [0.15, 0.2) is 6.61 Å². The average Bonchev–Trinajstić information content (AvgIpc) is 2.44. The number of benzene rings is 1. The zero-order valence-electron chi connectivity index (χ0n) is 12.2. The van der Waals surface area contributed by atoms with E-state index in [1.165, 1.54) is 32.1 Å². The highest BCUT2D eigenvalue weighted by Gasteiger charge is 2.26. The molecule has 1 aromatic rings. The Kier molecular flexibility index (Phi) is 4.88. The van der Waals surface area contributed by atoms with E-state index in [-0.39, 0.29) is 17.9 Å². The first-order valence-electron chi connectivity index (χ1n) is 7.32. The lowest BCUT2D eigenvalue weighted by molar-refractivity contribution is -0.123. The Bertz CT molecular complexity index is 454. The molecule has 20 heavy (non-hydrogen) atoms. The van der Waals surface area contributed by atoms with Crippen LogP contribution >= 0.6 is 0 Å². The number of nitrogen functional groups attached to an aromatic ring is 1. The van der Waals surface area contributed by atoms with Crippen molar-refractivity contribution in [3.05, 3.63) is 24.3 Å². The molecule has 1 aliphatic carbocycles. The molecule has 1 saturated carbocycles. The molecule has 0 radical (unpaired) electrons. The number of nitrogens with one attached hydrogen (secondary N) is 1. The summed E-state index contributed by atoms with van der Waals surface area (Å²) in [6.07, 6.45) is 6.26. The van der Waals surface area contributed by atoms with Crippen molar-refractivity contribution >= 4 is 11.6 Å². The summed E-state index contributed by atoms with van der Waals surface area (Å²) in [7, 11) is 0. The molecule has 0 saturated heterocycles. The van der Waals surface area contributed by atoms with Crippen molar-refractivity contribution in [3.63, 3.8) is 0 Å². The summed E-state index contributed by atoms with van der Waals surface area (Å²) in [5.74, 6) is 0.559. The minimum Gasteiger partial charge on any atom is -0.484 e. The van der Waals surface area contributed by atoms with Crippen molar-refractivity contribution in [2.75, 3.05) is 18.9 Å². The fourth-order valence-electron chi connectivity index (χ4n) is 2.70. The van der Waals surface area contributed by atoms with Gasteiger partial charge >= 0.3 is 0 Å². The first kappa shape index (κ1) is 14.7. The van der Waals surface area contributed by atoms with Gasteiger partial charge in [-0.25, -0.2) is 0 Å². The van der Waals surface area contributed by atoms with E-state index in [1.807, 2.05) is 6.07 Å². The monoisotopic (exact) mass is 276 g/mol. The van der Waals surface area contributed by atoms with E-state index >= 15 is 0 Å². The molecule has 0 aromatic heterocycles. The lowest BCUT2D eigenvalue weighted by Crippen LogP contribution is -2.39. The van der Waals surface area contributed by atoms with Crippen molar-refractivity contribution in [2.24, 2.45) is 5.41 Å². The molecule has 1 aliphatic rings. The SMILES string of the molecule is CC1(CNC(=O)COc2cccc(N)c2)CCCCC1. The zero-order chi connectivity index (χ0) is 14.4. The van der Waals surface area contributed by atoms with Crippen LogP contribution in [0.3, 0.4) is 0 Å². The second kappa shape index (κ2) is 6.64. The smallest absolute Gasteiger partial charge is 0.257 e. The third-order valence-electron chi connectivity index (χ3n) is 4.00. The van der Waals surface area contributed by atoms with E-state index < -0.39 is 0 Å². The van der Waals surface area contributed by atoms with Crippen molar-refractivity contribution < 1.29 is 9.53 Å². The van der Waals surface area contributed by atoms with Crippen LogP contribution in [0.2, 0.25) is 0 Å². The minimum absolute atomic E-state index is 0.0412. The number of anilines is 1. The van der Waals surface area contributed by atoms with Crippen LogP contribution in [0, 0.1) is 5.41 Å². The third kappa shape index (κ3) is 4.44. The topological polar surface area (TPSA) is 64.3 Å². The number of rotatable bonds is 5. The summed E-state index contributed by atoms with van der Waals surface area (Å²) in [6, 6.07) is 7.12. The van der Waals surface area contributed by atoms with Gasteiger partial charge in [0.1, 0.15) is 5.75 Å². The van der Waals surface area contributed by atoms with E-state index in [1.54, 1.807) is 18.2 Å². The summed E-state index contributed by atoms with van der Waals surface area (Å²) in [4.78, 5) is 11.8. The Labute approximate surface area is 120 Å². The number of carbonyl (C=O) groups excluding carboxylic acids is 1. The van der Waals surface area contributed by atoms with Crippen LogP contribution in [0.5, 0.6) is 5.75 Å². The van der Waals surface area contributed by atoms with Crippen LogP contribution in [-0.2, 0) is 4.79 Å². The van der Waals surface area contributed by atoms with Gasteiger partial charge in [0.05, 0.1) is 0 Å². The van der Waals surface area contributed by atoms with Gasteiger partial charge in [-0.2, -0.15) is 0 Å². The molecule has 0 unspecified atom stereocenters. The maximum absolute atomic E-state index is 11.8. The van der Waals surface area contributed by atoms with Crippen LogP contribution in [0.4, 0.5) is 5.69 Å². The van der Waals surface area contributed by atoms with Crippen LogP contribution in [0.15, 0.2) is 24.3 Å². The van der Waals surface area contributed by atoms with Gasteiger partial charge in [-0.1, -0.05) is 32.3 Å². The molecule has 0 heterocycles. The molecule has 1 fully saturated rings. The molecular formula is C16H24N2O2. The fraction of sp³-hybridized carbons (Fsp3) is 0.562. The van der Waals surface area contributed by atoms with Crippen LogP contribution in [0.1, 0.15) is 39.0 Å². The Balaban J connectivity index is 1.72. The highest BCUT2D eigenvalue weighted by molar-refractivity contribution is 5.77. The number of hydrogen-bond donors (Lipinski definition) is 2. The molecule has 0 bridgehead atoms. The molecule has 0 spiro atoms. The Morgan fingerprint density at radius 2 is 2.10 bits per heavy atom. The van der Waals surface area contributed by atoms with E-state index in [0.717, 1.165) is 6.54 Å². The second-order valence-corrected chi connectivity index (χ2v) is 6.01. The summed E-state index contributed by atoms with van der Waals surface area (Å²) >= 11 is 0.